The van der Waals surface area contributed by atoms with Gasteiger partial charge >= 0.3 is 12.1 Å². The van der Waals surface area contributed by atoms with Crippen LogP contribution in [0.4, 0.5) is 13.2 Å². The van der Waals surface area contributed by atoms with Crippen molar-refractivity contribution in [1.29, 1.82) is 0 Å². The Morgan fingerprint density at radius 3 is 2.00 bits per heavy atom. The molecule has 0 radical (unpaired) electrons. The van der Waals surface area contributed by atoms with Gasteiger partial charge in [0.05, 0.1) is 5.92 Å². The molecule has 0 aromatic carbocycles. The number of nitrogens with one attached hydrogen (secondary N) is 1. The highest BCUT2D eigenvalue weighted by atomic mass is 19.4. The molecule has 1 amide bonds. The van der Waals surface area contributed by atoms with Crippen LogP contribution in [-0.2, 0) is 9.59 Å². The lowest BCUT2D eigenvalue weighted by atomic mass is 9.85. The van der Waals surface area contributed by atoms with E-state index in [1.54, 1.807) is 0 Å². The molecular formula is C12H16F3NO3. The molecule has 2 fully saturated rings. The number of carboxylic acids is 1. The van der Waals surface area contributed by atoms with Crippen LogP contribution < -0.4 is 5.32 Å². The van der Waals surface area contributed by atoms with Crippen LogP contribution >= 0.6 is 0 Å². The lowest BCUT2D eigenvalue weighted by molar-refractivity contribution is -0.182. The first kappa shape index (κ1) is 14.1. The van der Waals surface area contributed by atoms with Gasteiger partial charge < -0.3 is 10.4 Å². The van der Waals surface area contributed by atoms with Crippen LogP contribution in [-0.4, -0.2) is 29.2 Å². The van der Waals surface area contributed by atoms with E-state index in [9.17, 15) is 22.8 Å². The molecule has 0 aromatic rings. The summed E-state index contributed by atoms with van der Waals surface area (Å²) >= 11 is 0. The Hall–Kier alpha value is -1.27. The Bertz CT molecular complexity index is 382. The Labute approximate surface area is 108 Å². The largest absolute Gasteiger partial charge is 0.480 e. The van der Waals surface area contributed by atoms with Crippen LogP contribution in [0.15, 0.2) is 0 Å². The fourth-order valence-electron chi connectivity index (χ4n) is 2.55. The lowest BCUT2D eigenvalue weighted by Gasteiger charge is -2.30. The van der Waals surface area contributed by atoms with Gasteiger partial charge in [-0.1, -0.05) is 0 Å². The third-order valence-electron chi connectivity index (χ3n) is 4.12. The standard InChI is InChI=1S/C12H16F3NO3/c13-12(14,15)7-1-3-8(4-2-7)16-9(17)11(5-6-11)10(18)19/h7-8H,1-6H2,(H,16,17)(H,18,19). The number of aliphatic carboxylic acids is 1. The zero-order valence-electron chi connectivity index (χ0n) is 10.3. The molecule has 2 rings (SSSR count). The summed E-state index contributed by atoms with van der Waals surface area (Å²) in [6.45, 7) is 0. The van der Waals surface area contributed by atoms with Crippen molar-refractivity contribution in [3.63, 3.8) is 0 Å². The van der Waals surface area contributed by atoms with Crippen molar-refractivity contribution in [2.75, 3.05) is 0 Å². The smallest absolute Gasteiger partial charge is 0.391 e. The van der Waals surface area contributed by atoms with Gasteiger partial charge in [-0.05, 0) is 38.5 Å². The average molecular weight is 279 g/mol. The van der Waals surface area contributed by atoms with Crippen molar-refractivity contribution < 1.29 is 27.9 Å². The predicted octanol–water partition coefficient (Wildman–Crippen LogP) is 2.09. The summed E-state index contributed by atoms with van der Waals surface area (Å²) < 4.78 is 37.4. The molecule has 0 saturated heterocycles. The molecule has 7 heteroatoms. The number of carboxylic acid groups (broad SMARTS) is 1. The highest BCUT2D eigenvalue weighted by Gasteiger charge is 2.57. The van der Waals surface area contributed by atoms with Crippen LogP contribution in [0.3, 0.4) is 0 Å². The third kappa shape index (κ3) is 2.84. The van der Waals surface area contributed by atoms with Gasteiger partial charge in [-0.2, -0.15) is 13.2 Å². The van der Waals surface area contributed by atoms with Crippen LogP contribution in [0.25, 0.3) is 0 Å². The number of carbonyl (C=O) groups is 2. The minimum Gasteiger partial charge on any atom is -0.480 e. The van der Waals surface area contributed by atoms with E-state index in [1.165, 1.54) is 0 Å². The number of amides is 1. The Balaban J connectivity index is 1.84. The maximum Gasteiger partial charge on any atom is 0.391 e. The maximum absolute atomic E-state index is 12.5. The topological polar surface area (TPSA) is 66.4 Å². The molecule has 0 unspecified atom stereocenters. The molecule has 4 nitrogen and oxygen atoms in total. The van der Waals surface area contributed by atoms with Gasteiger partial charge in [0.15, 0.2) is 0 Å². The van der Waals surface area contributed by atoms with Gasteiger partial charge in [-0.25, -0.2) is 0 Å². The van der Waals surface area contributed by atoms with Crippen LogP contribution in [0, 0.1) is 11.3 Å². The van der Waals surface area contributed by atoms with Gasteiger partial charge in [-0.15, -0.1) is 0 Å². The lowest BCUT2D eigenvalue weighted by Crippen LogP contribution is -2.45. The Morgan fingerprint density at radius 1 is 1.11 bits per heavy atom. The molecule has 2 aliphatic carbocycles. The van der Waals surface area contributed by atoms with Crippen LogP contribution in [0.5, 0.6) is 0 Å². The van der Waals surface area contributed by atoms with Crippen molar-refractivity contribution in [2.45, 2.75) is 50.7 Å². The second-order valence-corrected chi connectivity index (χ2v) is 5.45. The molecule has 108 valence electrons. The van der Waals surface area contributed by atoms with Crippen LogP contribution in [0.1, 0.15) is 38.5 Å². The van der Waals surface area contributed by atoms with E-state index in [0.29, 0.717) is 12.8 Å². The highest BCUT2D eigenvalue weighted by Crippen LogP contribution is 2.46. The summed E-state index contributed by atoms with van der Waals surface area (Å²) in [5.74, 6) is -2.99. The fraction of sp³-hybridized carbons (Fsp3) is 0.833. The molecule has 19 heavy (non-hydrogen) atoms. The molecule has 0 aromatic heterocycles. The normalized spacial score (nSPS) is 29.6. The van der Waals surface area contributed by atoms with Crippen molar-refractivity contribution >= 4 is 11.9 Å². The second-order valence-electron chi connectivity index (χ2n) is 5.45. The van der Waals surface area contributed by atoms with Gasteiger partial charge in [0.25, 0.3) is 0 Å². The maximum atomic E-state index is 12.5. The minimum absolute atomic E-state index is 0.00544. The second kappa shape index (κ2) is 4.68. The highest BCUT2D eigenvalue weighted by molar-refractivity contribution is 6.04. The monoisotopic (exact) mass is 279 g/mol. The quantitative estimate of drug-likeness (QED) is 0.777. The Morgan fingerprint density at radius 2 is 1.63 bits per heavy atom. The van der Waals surface area contributed by atoms with E-state index in [0.717, 1.165) is 0 Å². The number of halogens is 3. The number of hydrogen-bond acceptors (Lipinski definition) is 2. The molecule has 2 saturated carbocycles. The number of alkyl halides is 3. The van der Waals surface area contributed by atoms with E-state index >= 15 is 0 Å². The zero-order chi connectivity index (χ0) is 14.3. The molecule has 0 aliphatic heterocycles. The summed E-state index contributed by atoms with van der Waals surface area (Å²) in [5, 5.41) is 11.5. The molecule has 0 atom stereocenters. The first-order chi connectivity index (χ1) is 8.75. The molecular weight excluding hydrogens is 263 g/mol. The Kier molecular flexibility index (Phi) is 3.49. The van der Waals surface area contributed by atoms with Crippen molar-refractivity contribution in [2.24, 2.45) is 11.3 Å². The van der Waals surface area contributed by atoms with E-state index in [2.05, 4.69) is 5.32 Å². The summed E-state index contributed by atoms with van der Waals surface area (Å²) in [6.07, 6.45) is -3.05. The molecule has 0 heterocycles. The molecule has 0 spiro atoms. The zero-order valence-corrected chi connectivity index (χ0v) is 10.3. The fourth-order valence-corrected chi connectivity index (χ4v) is 2.55. The number of carbonyl (C=O) groups excluding carboxylic acids is 1. The summed E-state index contributed by atoms with van der Waals surface area (Å²) in [5.41, 5.74) is -1.32. The van der Waals surface area contributed by atoms with E-state index in [1.807, 2.05) is 0 Å². The van der Waals surface area contributed by atoms with Crippen molar-refractivity contribution in [1.82, 2.24) is 5.32 Å². The number of rotatable bonds is 3. The molecule has 0 bridgehead atoms. The van der Waals surface area contributed by atoms with Crippen molar-refractivity contribution in [3.05, 3.63) is 0 Å². The van der Waals surface area contributed by atoms with Gasteiger partial charge in [0, 0.05) is 6.04 Å². The van der Waals surface area contributed by atoms with E-state index < -0.39 is 29.4 Å². The van der Waals surface area contributed by atoms with Gasteiger partial charge in [0.2, 0.25) is 5.91 Å². The summed E-state index contributed by atoms with van der Waals surface area (Å²) in [6, 6.07) is -0.331. The first-order valence-corrected chi connectivity index (χ1v) is 6.37. The van der Waals surface area contributed by atoms with Gasteiger partial charge in [0.1, 0.15) is 5.41 Å². The third-order valence-corrected chi connectivity index (χ3v) is 4.12. The molecule has 2 N–H and O–H groups in total. The first-order valence-electron chi connectivity index (χ1n) is 6.37. The summed E-state index contributed by atoms with van der Waals surface area (Å²) in [4.78, 5) is 22.7. The predicted molar refractivity (Wildman–Crippen MR) is 59.2 cm³/mol. The van der Waals surface area contributed by atoms with E-state index in [-0.39, 0.29) is 31.7 Å². The SMILES string of the molecule is O=C(O)C1(C(=O)NC2CCC(C(F)(F)F)CC2)CC1. The van der Waals surface area contributed by atoms with E-state index in [4.69, 9.17) is 5.11 Å². The number of hydrogen-bond donors (Lipinski definition) is 2. The minimum atomic E-state index is -4.17. The molecule has 2 aliphatic rings. The average Bonchev–Trinajstić information content (AvgIpc) is 3.09. The van der Waals surface area contributed by atoms with Crippen molar-refractivity contribution in [3.8, 4) is 0 Å². The van der Waals surface area contributed by atoms with Crippen LogP contribution in [0.2, 0.25) is 0 Å². The summed E-state index contributed by atoms with van der Waals surface area (Å²) in [7, 11) is 0. The van der Waals surface area contributed by atoms with Gasteiger partial charge in [-0.3, -0.25) is 9.59 Å².